The molecule has 1 N–H and O–H groups in total. The molecule has 0 aromatic heterocycles. The van der Waals surface area contributed by atoms with Crippen molar-refractivity contribution in [3.63, 3.8) is 0 Å². The Balaban J connectivity index is 1.83. The molecular formula is C14H22N2O2. The van der Waals surface area contributed by atoms with Gasteiger partial charge in [0.05, 0.1) is 0 Å². The number of hydrogen-bond donors (Lipinski definition) is 1. The number of nitrogens with one attached hydrogen (secondary N) is 1. The van der Waals surface area contributed by atoms with Crippen molar-refractivity contribution in [2.75, 3.05) is 6.54 Å². The minimum Gasteiger partial charge on any atom is -0.344 e. The summed E-state index contributed by atoms with van der Waals surface area (Å²) in [4.78, 5) is 26.5. The summed E-state index contributed by atoms with van der Waals surface area (Å²) >= 11 is 0. The number of amides is 2. The van der Waals surface area contributed by atoms with E-state index in [1.54, 1.807) is 0 Å². The lowest BCUT2D eigenvalue weighted by Crippen LogP contribution is -2.59. The quantitative estimate of drug-likeness (QED) is 0.824. The van der Waals surface area contributed by atoms with E-state index in [-0.39, 0.29) is 23.4 Å². The molecule has 3 rings (SSSR count). The van der Waals surface area contributed by atoms with Crippen LogP contribution in [-0.4, -0.2) is 34.8 Å². The molecule has 3 aliphatic rings. The van der Waals surface area contributed by atoms with Crippen LogP contribution in [0, 0.1) is 5.92 Å². The van der Waals surface area contributed by atoms with Gasteiger partial charge in [0.1, 0.15) is 6.04 Å². The van der Waals surface area contributed by atoms with Crippen molar-refractivity contribution in [2.45, 2.75) is 63.5 Å². The van der Waals surface area contributed by atoms with Crippen molar-refractivity contribution in [1.82, 2.24) is 10.2 Å². The molecule has 1 unspecified atom stereocenters. The molecule has 0 aromatic rings. The Labute approximate surface area is 108 Å². The highest BCUT2D eigenvalue weighted by Gasteiger charge is 2.49. The maximum Gasteiger partial charge on any atom is 0.245 e. The number of hydrogen-bond acceptors (Lipinski definition) is 2. The van der Waals surface area contributed by atoms with E-state index in [1.165, 1.54) is 6.42 Å². The second kappa shape index (κ2) is 4.25. The smallest absolute Gasteiger partial charge is 0.245 e. The first-order valence-electron chi connectivity index (χ1n) is 7.27. The van der Waals surface area contributed by atoms with E-state index >= 15 is 0 Å². The van der Waals surface area contributed by atoms with Crippen LogP contribution in [0.5, 0.6) is 0 Å². The summed E-state index contributed by atoms with van der Waals surface area (Å²) < 4.78 is 0. The topological polar surface area (TPSA) is 49.4 Å². The van der Waals surface area contributed by atoms with Gasteiger partial charge in [0.15, 0.2) is 0 Å². The Morgan fingerprint density at radius 3 is 2.56 bits per heavy atom. The Bertz CT molecular complexity index is 366. The maximum absolute atomic E-state index is 12.7. The van der Waals surface area contributed by atoms with Crippen LogP contribution < -0.4 is 5.32 Å². The number of carbonyl (C=O) groups is 2. The molecule has 18 heavy (non-hydrogen) atoms. The molecule has 4 nitrogen and oxygen atoms in total. The Morgan fingerprint density at radius 1 is 1.33 bits per heavy atom. The Morgan fingerprint density at radius 2 is 2.06 bits per heavy atom. The van der Waals surface area contributed by atoms with Crippen molar-refractivity contribution in [2.24, 2.45) is 5.92 Å². The van der Waals surface area contributed by atoms with Gasteiger partial charge in [0.25, 0.3) is 0 Å². The van der Waals surface area contributed by atoms with Gasteiger partial charge in [-0.2, -0.15) is 0 Å². The molecule has 0 radical (unpaired) electrons. The van der Waals surface area contributed by atoms with Gasteiger partial charge in [-0.1, -0.05) is 6.92 Å². The second-order valence-corrected chi connectivity index (χ2v) is 6.05. The molecule has 1 aliphatic heterocycles. The van der Waals surface area contributed by atoms with Gasteiger partial charge in [-0.3, -0.25) is 9.59 Å². The molecule has 1 atom stereocenters. The highest BCUT2D eigenvalue weighted by Crippen LogP contribution is 2.43. The van der Waals surface area contributed by atoms with E-state index in [9.17, 15) is 9.59 Å². The van der Waals surface area contributed by atoms with Gasteiger partial charge < -0.3 is 10.2 Å². The summed E-state index contributed by atoms with van der Waals surface area (Å²) in [6.45, 7) is 2.78. The number of nitrogens with zero attached hydrogens (tertiary/aromatic N) is 1. The van der Waals surface area contributed by atoms with E-state index in [0.717, 1.165) is 32.1 Å². The molecule has 4 heteroatoms. The lowest BCUT2D eigenvalue weighted by atomic mass is 9.73. The fourth-order valence-electron chi connectivity index (χ4n) is 3.42. The zero-order chi connectivity index (χ0) is 12.8. The van der Waals surface area contributed by atoms with Gasteiger partial charge in [-0.25, -0.2) is 0 Å². The molecule has 0 bridgehead atoms. The fourth-order valence-corrected chi connectivity index (χ4v) is 3.42. The molecule has 3 fully saturated rings. The van der Waals surface area contributed by atoms with Gasteiger partial charge in [-0.15, -0.1) is 0 Å². The maximum atomic E-state index is 12.7. The van der Waals surface area contributed by atoms with Crippen LogP contribution in [0.2, 0.25) is 0 Å². The standard InChI is InChI=1S/C14H22N2O2/c1-2-14(7-3-8-14)16-9-6-11(17)15-12(13(16)18)10-4-5-10/h10,12H,2-9H2,1H3,(H,15,17). The van der Waals surface area contributed by atoms with Crippen molar-refractivity contribution in [3.8, 4) is 0 Å². The minimum absolute atomic E-state index is 0.0494. The molecular weight excluding hydrogens is 228 g/mol. The summed E-state index contributed by atoms with van der Waals surface area (Å²) in [5.74, 6) is 0.634. The minimum atomic E-state index is -0.232. The predicted molar refractivity (Wildman–Crippen MR) is 67.9 cm³/mol. The molecule has 0 spiro atoms. The Kier molecular flexibility index (Phi) is 2.83. The van der Waals surface area contributed by atoms with Crippen molar-refractivity contribution in [1.29, 1.82) is 0 Å². The molecule has 100 valence electrons. The van der Waals surface area contributed by atoms with Gasteiger partial charge in [0.2, 0.25) is 11.8 Å². The molecule has 1 saturated heterocycles. The van der Waals surface area contributed by atoms with Crippen molar-refractivity contribution in [3.05, 3.63) is 0 Å². The highest BCUT2D eigenvalue weighted by atomic mass is 16.2. The van der Waals surface area contributed by atoms with Crippen LogP contribution >= 0.6 is 0 Å². The average molecular weight is 250 g/mol. The van der Waals surface area contributed by atoms with Gasteiger partial charge >= 0.3 is 0 Å². The molecule has 2 amide bonds. The first-order valence-corrected chi connectivity index (χ1v) is 7.27. The van der Waals surface area contributed by atoms with Crippen molar-refractivity contribution < 1.29 is 9.59 Å². The SMILES string of the molecule is CCC1(N2CCC(=O)NC(C3CC3)C2=O)CCC1. The first kappa shape index (κ1) is 12.0. The lowest BCUT2D eigenvalue weighted by Gasteiger charge is -2.50. The third-order valence-electron chi connectivity index (χ3n) is 5.02. The molecule has 2 saturated carbocycles. The molecule has 2 aliphatic carbocycles. The number of carbonyl (C=O) groups excluding carboxylic acids is 2. The monoisotopic (exact) mass is 250 g/mol. The third-order valence-corrected chi connectivity index (χ3v) is 5.02. The van der Waals surface area contributed by atoms with E-state index < -0.39 is 0 Å². The summed E-state index contributed by atoms with van der Waals surface area (Å²) in [5.41, 5.74) is 0.0660. The fraction of sp³-hybridized carbons (Fsp3) is 0.857. The highest BCUT2D eigenvalue weighted by molar-refractivity contribution is 5.91. The number of rotatable bonds is 3. The van der Waals surface area contributed by atoms with Crippen LogP contribution in [0.3, 0.4) is 0 Å². The molecule has 0 aromatic carbocycles. The van der Waals surface area contributed by atoms with E-state index in [4.69, 9.17) is 0 Å². The zero-order valence-electron chi connectivity index (χ0n) is 11.1. The third kappa shape index (κ3) is 1.82. The van der Waals surface area contributed by atoms with Crippen LogP contribution in [-0.2, 0) is 9.59 Å². The van der Waals surface area contributed by atoms with Crippen molar-refractivity contribution >= 4 is 11.8 Å². The van der Waals surface area contributed by atoms with Crippen LogP contribution in [0.1, 0.15) is 51.9 Å². The summed E-state index contributed by atoms with van der Waals surface area (Å²) in [6.07, 6.45) is 7.10. The van der Waals surface area contributed by atoms with Gasteiger partial charge in [0, 0.05) is 18.5 Å². The second-order valence-electron chi connectivity index (χ2n) is 6.05. The van der Waals surface area contributed by atoms with Crippen LogP contribution in [0.25, 0.3) is 0 Å². The Hall–Kier alpha value is -1.06. The summed E-state index contributed by atoms with van der Waals surface area (Å²) in [7, 11) is 0. The molecule has 1 heterocycles. The summed E-state index contributed by atoms with van der Waals surface area (Å²) in [5, 5.41) is 2.93. The van der Waals surface area contributed by atoms with E-state index in [2.05, 4.69) is 12.2 Å². The van der Waals surface area contributed by atoms with Crippen LogP contribution in [0.15, 0.2) is 0 Å². The van der Waals surface area contributed by atoms with Crippen LogP contribution in [0.4, 0.5) is 0 Å². The van der Waals surface area contributed by atoms with Gasteiger partial charge in [-0.05, 0) is 44.4 Å². The average Bonchev–Trinajstić information content (AvgIpc) is 3.11. The summed E-state index contributed by atoms with van der Waals surface area (Å²) in [6, 6.07) is -0.232. The lowest BCUT2D eigenvalue weighted by molar-refractivity contribution is -0.144. The normalized spacial score (nSPS) is 31.6. The van der Waals surface area contributed by atoms with E-state index in [0.29, 0.717) is 18.9 Å². The zero-order valence-corrected chi connectivity index (χ0v) is 11.1. The largest absolute Gasteiger partial charge is 0.344 e. The van der Waals surface area contributed by atoms with E-state index in [1.807, 2.05) is 4.90 Å². The predicted octanol–water partition coefficient (Wildman–Crippen LogP) is 1.45. The first-order chi connectivity index (χ1) is 8.66.